The van der Waals surface area contributed by atoms with Crippen LogP contribution in [0.25, 0.3) is 0 Å². The Morgan fingerprint density at radius 3 is 2.04 bits per heavy atom. The van der Waals surface area contributed by atoms with Crippen LogP contribution in [0.3, 0.4) is 0 Å². The van der Waals surface area contributed by atoms with Crippen LogP contribution in [-0.2, 0) is 26.5 Å². The Morgan fingerprint density at radius 2 is 1.47 bits per heavy atom. The highest BCUT2D eigenvalue weighted by Crippen LogP contribution is 2.43. The van der Waals surface area contributed by atoms with E-state index < -0.39 is 10.8 Å². The van der Waals surface area contributed by atoms with Crippen LogP contribution in [0.15, 0.2) is 60.7 Å². The van der Waals surface area contributed by atoms with Crippen molar-refractivity contribution in [3.05, 3.63) is 98.5 Å². The molecule has 2 aliphatic rings. The average Bonchev–Trinajstić information content (AvgIpc) is 3.47. The van der Waals surface area contributed by atoms with Crippen LogP contribution in [0.2, 0.25) is 10.0 Å². The molecule has 252 valence electrons. The van der Waals surface area contributed by atoms with Crippen molar-refractivity contribution in [1.29, 1.82) is 0 Å². The second kappa shape index (κ2) is 13.4. The zero-order valence-electron chi connectivity index (χ0n) is 28.6. The predicted molar refractivity (Wildman–Crippen MR) is 192 cm³/mol. The Bertz CT molecular complexity index is 1590. The Kier molecular flexibility index (Phi) is 10.1. The molecule has 3 aromatic carbocycles. The minimum absolute atomic E-state index is 0.0499. The lowest BCUT2D eigenvalue weighted by molar-refractivity contribution is -0.127. The van der Waals surface area contributed by atoms with Gasteiger partial charge >= 0.3 is 0 Å². The van der Waals surface area contributed by atoms with Gasteiger partial charge in [0.05, 0.1) is 15.5 Å². The van der Waals surface area contributed by atoms with Gasteiger partial charge in [0.1, 0.15) is 5.75 Å². The minimum Gasteiger partial charge on any atom is -0.507 e. The molecular formula is C39H49Cl2N3O3. The Hall–Kier alpha value is -3.06. The quantitative estimate of drug-likeness (QED) is 0.237. The summed E-state index contributed by atoms with van der Waals surface area (Å²) in [7, 11) is 0. The van der Waals surface area contributed by atoms with Crippen molar-refractivity contribution < 1.29 is 14.7 Å². The maximum atomic E-state index is 14.3. The van der Waals surface area contributed by atoms with E-state index in [0.29, 0.717) is 41.7 Å². The van der Waals surface area contributed by atoms with Gasteiger partial charge in [-0.2, -0.15) is 0 Å². The summed E-state index contributed by atoms with van der Waals surface area (Å²) < 4.78 is 0. The summed E-state index contributed by atoms with van der Waals surface area (Å²) in [5.74, 6) is 0.240. The van der Waals surface area contributed by atoms with Crippen LogP contribution < -0.4 is 10.6 Å². The van der Waals surface area contributed by atoms with Crippen LogP contribution in [0.4, 0.5) is 0 Å². The molecule has 0 radical (unpaired) electrons. The van der Waals surface area contributed by atoms with Crippen molar-refractivity contribution in [1.82, 2.24) is 15.5 Å². The normalized spacial score (nSPS) is 19.9. The summed E-state index contributed by atoms with van der Waals surface area (Å²) in [5.41, 5.74) is 2.45. The molecule has 47 heavy (non-hydrogen) atoms. The Labute approximate surface area is 290 Å². The zero-order valence-corrected chi connectivity index (χ0v) is 30.1. The maximum absolute atomic E-state index is 14.3. The van der Waals surface area contributed by atoms with Gasteiger partial charge in [-0.15, -0.1) is 0 Å². The Morgan fingerprint density at radius 1 is 0.851 bits per heavy atom. The van der Waals surface area contributed by atoms with Crippen molar-refractivity contribution in [3.63, 3.8) is 0 Å². The summed E-state index contributed by atoms with van der Waals surface area (Å²) in [5, 5.41) is 18.9. The topological polar surface area (TPSA) is 81.7 Å². The van der Waals surface area contributed by atoms with Gasteiger partial charge in [-0.3, -0.25) is 9.59 Å². The minimum atomic E-state index is -0.574. The molecule has 6 nitrogen and oxygen atoms in total. The summed E-state index contributed by atoms with van der Waals surface area (Å²) in [4.78, 5) is 30.2. The first-order valence-corrected chi connectivity index (χ1v) is 17.5. The first-order chi connectivity index (χ1) is 22.1. The number of nitrogens with one attached hydrogen (secondary N) is 2. The highest BCUT2D eigenvalue weighted by molar-refractivity contribution is 6.42. The van der Waals surface area contributed by atoms with Crippen molar-refractivity contribution in [2.75, 3.05) is 32.7 Å². The number of halogens is 2. The number of hydrogen-bond donors (Lipinski definition) is 3. The van der Waals surface area contributed by atoms with E-state index in [0.717, 1.165) is 54.6 Å². The highest BCUT2D eigenvalue weighted by Gasteiger charge is 2.44. The number of piperidine rings is 1. The average molecular weight is 679 g/mol. The molecule has 1 atom stereocenters. The molecule has 2 fully saturated rings. The first-order valence-electron chi connectivity index (χ1n) is 16.7. The number of carbonyl (C=O) groups is 2. The number of aromatic hydroxyl groups is 1. The molecule has 5 rings (SSSR count). The van der Waals surface area contributed by atoms with Crippen molar-refractivity contribution in [3.8, 4) is 5.75 Å². The number of likely N-dealkylation sites (tertiary alicyclic amines) is 1. The van der Waals surface area contributed by atoms with E-state index in [9.17, 15) is 14.7 Å². The fourth-order valence-electron chi connectivity index (χ4n) is 7.38. The van der Waals surface area contributed by atoms with E-state index in [1.807, 2.05) is 95.0 Å². The smallest absolute Gasteiger partial charge is 0.253 e. The molecule has 3 aromatic rings. The molecule has 8 heteroatoms. The van der Waals surface area contributed by atoms with Gasteiger partial charge in [0.2, 0.25) is 5.91 Å². The van der Waals surface area contributed by atoms with Crippen LogP contribution in [-0.4, -0.2) is 54.5 Å². The lowest BCUT2D eigenvalue weighted by Crippen LogP contribution is -2.51. The lowest BCUT2D eigenvalue weighted by Gasteiger charge is -2.37. The first kappa shape index (κ1) is 35.3. The third-order valence-corrected chi connectivity index (χ3v) is 11.0. The number of hydrogen-bond acceptors (Lipinski definition) is 4. The molecule has 0 aliphatic carbocycles. The molecule has 2 heterocycles. The molecular weight excluding hydrogens is 629 g/mol. The van der Waals surface area contributed by atoms with E-state index >= 15 is 0 Å². The van der Waals surface area contributed by atoms with Gasteiger partial charge in [0.15, 0.2) is 0 Å². The van der Waals surface area contributed by atoms with E-state index in [1.54, 1.807) is 0 Å². The standard InChI is InChI=1S/C39H49Cl2N3O3/c1-36(2,3)29-22-26(23-30(33(29)45)37(4,5)6)34(46)44-21-17-38(25-44,28-12-13-31(40)32(41)24-28)14-20-43-35(47)39(15-18-42-19-16-39)27-10-8-7-9-11-27/h7-13,22-24,42,45H,14-21,25H2,1-6H3,(H,43,47). The fourth-order valence-corrected chi connectivity index (χ4v) is 7.68. The monoisotopic (exact) mass is 677 g/mol. The van der Waals surface area contributed by atoms with Crippen molar-refractivity contribution in [2.45, 2.75) is 88.9 Å². The van der Waals surface area contributed by atoms with E-state index in [2.05, 4.69) is 22.8 Å². The van der Waals surface area contributed by atoms with Crippen molar-refractivity contribution >= 4 is 35.0 Å². The number of amides is 2. The number of phenolic OH excluding ortho intramolecular Hbond substituents is 1. The number of phenols is 1. The van der Waals surface area contributed by atoms with Gasteiger partial charge in [-0.25, -0.2) is 0 Å². The van der Waals surface area contributed by atoms with Crippen LogP contribution in [0, 0.1) is 0 Å². The van der Waals surface area contributed by atoms with Gasteiger partial charge < -0.3 is 20.6 Å². The maximum Gasteiger partial charge on any atom is 0.253 e. The van der Waals surface area contributed by atoms with Gasteiger partial charge in [-0.05, 0) is 85.0 Å². The van der Waals surface area contributed by atoms with Gasteiger partial charge in [0, 0.05) is 41.7 Å². The van der Waals surface area contributed by atoms with Crippen molar-refractivity contribution in [2.24, 2.45) is 0 Å². The summed E-state index contributed by atoms with van der Waals surface area (Å²) in [6.45, 7) is 15.4. The number of benzene rings is 3. The van der Waals surface area contributed by atoms with E-state index in [-0.39, 0.29) is 28.4 Å². The van der Waals surface area contributed by atoms with E-state index in [4.69, 9.17) is 23.2 Å². The number of nitrogens with zero attached hydrogens (tertiary/aromatic N) is 1. The largest absolute Gasteiger partial charge is 0.507 e. The third kappa shape index (κ3) is 7.21. The van der Waals surface area contributed by atoms with Crippen LogP contribution >= 0.6 is 23.2 Å². The van der Waals surface area contributed by atoms with E-state index in [1.165, 1.54) is 0 Å². The van der Waals surface area contributed by atoms with Gasteiger partial charge in [-0.1, -0.05) is 101 Å². The molecule has 0 aromatic heterocycles. The molecule has 3 N–H and O–H groups in total. The highest BCUT2D eigenvalue weighted by atomic mass is 35.5. The lowest BCUT2D eigenvalue weighted by atomic mass is 9.72. The number of carbonyl (C=O) groups excluding carboxylic acids is 2. The second-order valence-corrected chi connectivity index (χ2v) is 16.3. The number of rotatable bonds is 7. The SMILES string of the molecule is CC(C)(C)c1cc(C(=O)N2CCC(CCNC(=O)C3(c4ccccc4)CCNCC3)(c3ccc(Cl)c(Cl)c3)C2)cc(C(C)(C)C)c1O. The Balaban J connectivity index is 1.43. The zero-order chi connectivity index (χ0) is 34.2. The summed E-state index contributed by atoms with van der Waals surface area (Å²) >= 11 is 12.9. The second-order valence-electron chi connectivity index (χ2n) is 15.5. The summed E-state index contributed by atoms with van der Waals surface area (Å²) in [6.07, 6.45) is 2.84. The van der Waals surface area contributed by atoms with Crippen LogP contribution in [0.1, 0.15) is 99.8 Å². The molecule has 0 saturated carbocycles. The molecule has 1 unspecified atom stereocenters. The molecule has 0 spiro atoms. The van der Waals surface area contributed by atoms with Crippen LogP contribution in [0.5, 0.6) is 5.75 Å². The molecule has 0 bridgehead atoms. The molecule has 2 saturated heterocycles. The predicted octanol–water partition coefficient (Wildman–Crippen LogP) is 7.91. The summed E-state index contributed by atoms with van der Waals surface area (Å²) in [6, 6.07) is 19.5. The fraction of sp³-hybridized carbons (Fsp3) is 0.487. The molecule has 2 amide bonds. The van der Waals surface area contributed by atoms with Gasteiger partial charge in [0.25, 0.3) is 5.91 Å². The molecule has 2 aliphatic heterocycles. The third-order valence-electron chi connectivity index (χ3n) is 10.3.